The quantitative estimate of drug-likeness (QED) is 0.0620. The molecule has 56 heavy (non-hydrogen) atoms. The van der Waals surface area contributed by atoms with E-state index in [9.17, 15) is 9.59 Å². The summed E-state index contributed by atoms with van der Waals surface area (Å²) in [4.78, 5) is 40.4. The fraction of sp³-hybridized carbons (Fsp3) is 0.500. The maximum absolute atomic E-state index is 14.4. The first-order chi connectivity index (χ1) is 27.3. The summed E-state index contributed by atoms with van der Waals surface area (Å²) >= 11 is 7.68. The Morgan fingerprint density at radius 1 is 0.554 bits per heavy atom. The van der Waals surface area contributed by atoms with Gasteiger partial charge in [0.15, 0.2) is 0 Å². The lowest BCUT2D eigenvalue weighted by Gasteiger charge is -2.23. The number of rotatable bonds is 21. The van der Waals surface area contributed by atoms with Gasteiger partial charge in [0.05, 0.1) is 21.7 Å². The zero-order valence-corrected chi connectivity index (χ0v) is 37.6. The van der Waals surface area contributed by atoms with Crippen LogP contribution in [0.5, 0.6) is 0 Å². The number of nitrogens with zero attached hydrogens (tertiary/aromatic N) is 2. The minimum Gasteiger partial charge on any atom is -0.312 e. The van der Waals surface area contributed by atoms with Crippen molar-refractivity contribution in [2.45, 2.75) is 144 Å². The summed E-state index contributed by atoms with van der Waals surface area (Å²) < 4.78 is 2.94. The van der Waals surface area contributed by atoms with Gasteiger partial charge in [-0.3, -0.25) is 9.59 Å². The van der Waals surface area contributed by atoms with Crippen LogP contribution in [0.4, 0.5) is 0 Å². The molecular formula is C48H58N2O2S4. The molecule has 0 atom stereocenters. The molecule has 8 heteroatoms. The Hall–Kier alpha value is -3.40. The van der Waals surface area contributed by atoms with Gasteiger partial charge in [0.1, 0.15) is 0 Å². The second kappa shape index (κ2) is 20.3. The number of allylic oxidation sites excluding steroid dienone is 1. The molecule has 4 nitrogen and oxygen atoms in total. The van der Waals surface area contributed by atoms with Crippen LogP contribution in [0.25, 0.3) is 34.6 Å². The highest BCUT2D eigenvalue weighted by Gasteiger charge is 2.47. The first-order valence-electron chi connectivity index (χ1n) is 21.0. The maximum atomic E-state index is 14.4. The maximum Gasteiger partial charge on any atom is 0.261 e. The number of amides is 2. The summed E-state index contributed by atoms with van der Waals surface area (Å²) in [6.45, 7) is 13.8. The Bertz CT molecular complexity index is 2210. The molecule has 2 amide bonds. The van der Waals surface area contributed by atoms with Crippen LogP contribution < -0.4 is 0 Å². The molecule has 0 aliphatic carbocycles. The second-order valence-electron chi connectivity index (χ2n) is 15.0. The molecule has 6 heterocycles. The topological polar surface area (TPSA) is 40.6 Å². The minimum atomic E-state index is -0.0187. The molecule has 2 aliphatic rings. The van der Waals surface area contributed by atoms with Crippen molar-refractivity contribution in [3.05, 3.63) is 62.0 Å². The largest absolute Gasteiger partial charge is 0.312 e. The predicted octanol–water partition coefficient (Wildman–Crippen LogP) is 14.0. The minimum absolute atomic E-state index is 0.0187. The average molecular weight is 823 g/mol. The van der Waals surface area contributed by atoms with E-state index in [0.717, 1.165) is 80.5 Å². The smallest absolute Gasteiger partial charge is 0.261 e. The molecule has 0 spiro atoms. The van der Waals surface area contributed by atoms with Crippen LogP contribution in [-0.2, 0) is 22.4 Å². The van der Waals surface area contributed by atoms with Crippen molar-refractivity contribution < 1.29 is 9.59 Å². The molecule has 4 aromatic rings. The molecule has 4 aromatic heterocycles. The fourth-order valence-corrected chi connectivity index (χ4v) is 13.2. The number of hydrogen-bond donors (Lipinski definition) is 0. The van der Waals surface area contributed by atoms with E-state index < -0.39 is 0 Å². The lowest BCUT2D eigenvalue weighted by Crippen LogP contribution is -2.30. The number of carbonyl (C=O) groups excluding carboxylic acids is 2. The third kappa shape index (κ3) is 9.16. The summed E-state index contributed by atoms with van der Waals surface area (Å²) in [6.07, 6.45) is 17.0. The van der Waals surface area contributed by atoms with Crippen molar-refractivity contribution in [1.82, 2.24) is 9.80 Å². The van der Waals surface area contributed by atoms with E-state index in [1.807, 2.05) is 64.6 Å². The number of aryl methyl sites for hydroxylation is 3. The Labute approximate surface area is 352 Å². The summed E-state index contributed by atoms with van der Waals surface area (Å²) in [5.41, 5.74) is 5.87. The third-order valence-corrected chi connectivity index (χ3v) is 16.1. The van der Waals surface area contributed by atoms with E-state index in [1.54, 1.807) is 11.3 Å². The SMILES string of the molecule is CC#CCCCCCN1C(=O)C2=C(c3ccc(-c4sc5c(CCCCC)c(-c6ccc(C)s6)sc5c4CCCCC)s3)N(CCCCCC#CC)C(=O)C2=C1C. The van der Waals surface area contributed by atoms with Crippen LogP contribution in [0.15, 0.2) is 41.1 Å². The highest BCUT2D eigenvalue weighted by atomic mass is 32.1. The van der Waals surface area contributed by atoms with Crippen LogP contribution in [0.2, 0.25) is 0 Å². The van der Waals surface area contributed by atoms with Gasteiger partial charge < -0.3 is 9.80 Å². The molecular weight excluding hydrogens is 765 g/mol. The number of thiophene rings is 4. The van der Waals surface area contributed by atoms with Crippen molar-refractivity contribution in [1.29, 1.82) is 0 Å². The van der Waals surface area contributed by atoms with Gasteiger partial charge in [0, 0.05) is 65.4 Å². The third-order valence-electron chi connectivity index (χ3n) is 11.0. The second-order valence-corrected chi connectivity index (χ2v) is 19.5. The van der Waals surface area contributed by atoms with Crippen molar-refractivity contribution in [3.8, 4) is 43.2 Å². The van der Waals surface area contributed by atoms with Crippen molar-refractivity contribution in [2.75, 3.05) is 13.1 Å². The number of carbonyl (C=O) groups is 2. The molecule has 0 saturated carbocycles. The fourth-order valence-electron chi connectivity index (χ4n) is 7.99. The van der Waals surface area contributed by atoms with E-state index in [2.05, 4.69) is 68.7 Å². The van der Waals surface area contributed by atoms with Gasteiger partial charge in [0.2, 0.25) is 0 Å². The summed E-state index contributed by atoms with van der Waals surface area (Å²) in [6, 6.07) is 9.04. The van der Waals surface area contributed by atoms with Crippen LogP contribution in [-0.4, -0.2) is 34.7 Å². The van der Waals surface area contributed by atoms with E-state index in [4.69, 9.17) is 0 Å². The van der Waals surface area contributed by atoms with Gasteiger partial charge in [-0.25, -0.2) is 0 Å². The number of unbranched alkanes of at least 4 members (excludes halogenated alkanes) is 10. The Kier molecular flexibility index (Phi) is 15.3. The summed E-state index contributed by atoms with van der Waals surface area (Å²) in [5.74, 6) is 12.3. The van der Waals surface area contributed by atoms with Crippen LogP contribution >= 0.6 is 45.3 Å². The summed E-state index contributed by atoms with van der Waals surface area (Å²) in [5, 5.41) is 0. The van der Waals surface area contributed by atoms with Gasteiger partial charge in [0.25, 0.3) is 11.8 Å². The van der Waals surface area contributed by atoms with E-state index >= 15 is 0 Å². The molecule has 0 bridgehead atoms. The van der Waals surface area contributed by atoms with Crippen LogP contribution in [0.3, 0.4) is 0 Å². The van der Waals surface area contributed by atoms with Gasteiger partial charge in [-0.2, -0.15) is 0 Å². The van der Waals surface area contributed by atoms with E-state index in [0.29, 0.717) is 24.2 Å². The lowest BCUT2D eigenvalue weighted by molar-refractivity contribution is -0.124. The molecule has 0 radical (unpaired) electrons. The van der Waals surface area contributed by atoms with Crippen molar-refractivity contribution in [2.24, 2.45) is 0 Å². The standard InChI is InChI=1S/C48H58N2O2S4/c1-7-11-15-17-19-23-31-49-34(6)40-41(48(49)52)42(50(47(40)51)32-24-20-18-16-12-8-2)37-29-30-39(54-37)44-36(26-22-14-10-4)46-45(56-44)35(25-21-13-9-3)43(55-46)38-28-27-33(5)53-38/h27-30H,9-10,13-26,31-32H2,1-6H3. The van der Waals surface area contributed by atoms with Gasteiger partial charge in [-0.05, 0) is 114 Å². The molecule has 6 rings (SSSR count). The van der Waals surface area contributed by atoms with Crippen molar-refractivity contribution in [3.63, 3.8) is 0 Å². The van der Waals surface area contributed by atoms with Crippen molar-refractivity contribution >= 4 is 72.3 Å². The molecule has 0 unspecified atom stereocenters. The molecule has 296 valence electrons. The van der Waals surface area contributed by atoms with Crippen LogP contribution in [0, 0.1) is 30.6 Å². The Balaban J connectivity index is 1.38. The number of fused-ring (bicyclic) bond motifs is 2. The van der Waals surface area contributed by atoms with Crippen LogP contribution in [0.1, 0.15) is 145 Å². The molecule has 2 aliphatic heterocycles. The molecule has 0 saturated heterocycles. The van der Waals surface area contributed by atoms with E-state index in [1.165, 1.54) is 83.4 Å². The van der Waals surface area contributed by atoms with Gasteiger partial charge >= 0.3 is 0 Å². The molecule has 0 aromatic carbocycles. The summed E-state index contributed by atoms with van der Waals surface area (Å²) in [7, 11) is 0. The monoisotopic (exact) mass is 822 g/mol. The first kappa shape index (κ1) is 42.2. The first-order valence-corrected chi connectivity index (χ1v) is 24.2. The Morgan fingerprint density at radius 3 is 1.61 bits per heavy atom. The lowest BCUT2D eigenvalue weighted by atomic mass is 10.0. The molecule has 0 N–H and O–H groups in total. The van der Waals surface area contributed by atoms with Gasteiger partial charge in [-0.1, -0.05) is 52.4 Å². The highest BCUT2D eigenvalue weighted by Crippen LogP contribution is 2.53. The highest BCUT2D eigenvalue weighted by molar-refractivity contribution is 7.34. The average Bonchev–Trinajstić information content (AvgIpc) is 4.04. The van der Waals surface area contributed by atoms with Gasteiger partial charge in [-0.15, -0.1) is 69.0 Å². The molecule has 0 fully saturated rings. The zero-order chi connectivity index (χ0) is 39.6. The zero-order valence-electron chi connectivity index (χ0n) is 34.4. The predicted molar refractivity (Wildman–Crippen MR) is 244 cm³/mol. The normalized spacial score (nSPS) is 14.0. The Morgan fingerprint density at radius 2 is 1.07 bits per heavy atom. The number of hydrogen-bond acceptors (Lipinski definition) is 6. The van der Waals surface area contributed by atoms with E-state index in [-0.39, 0.29) is 11.8 Å².